The van der Waals surface area contributed by atoms with Gasteiger partial charge in [-0.1, -0.05) is 0 Å². The summed E-state index contributed by atoms with van der Waals surface area (Å²) in [6.45, 7) is 6.11. The number of carbonyl (C=O) groups is 4. The van der Waals surface area contributed by atoms with Crippen LogP contribution in [-0.4, -0.2) is 56.7 Å². The average Bonchev–Trinajstić information content (AvgIpc) is 3.42. The van der Waals surface area contributed by atoms with Gasteiger partial charge in [0.05, 0.1) is 25.3 Å². The van der Waals surface area contributed by atoms with Crippen LogP contribution >= 0.6 is 11.3 Å². The fraction of sp³-hybridized carbons (Fsp3) is 0.579. The molecule has 1 aliphatic carbocycles. The maximum Gasteiger partial charge on any atom is 0.414 e. The molecule has 1 fully saturated rings. The number of imide groups is 1. The summed E-state index contributed by atoms with van der Waals surface area (Å²) >= 11 is 1.31. The summed E-state index contributed by atoms with van der Waals surface area (Å²) in [6.07, 6.45) is 1.25. The number of carbonyl (C=O) groups excluding carboxylic acids is 4. The molecule has 3 amide bonds. The summed E-state index contributed by atoms with van der Waals surface area (Å²) in [5.41, 5.74) is 1.36. The monoisotopic (exact) mass is 426 g/mol. The molecule has 0 bridgehead atoms. The van der Waals surface area contributed by atoms with E-state index in [4.69, 9.17) is 4.74 Å². The molecule has 1 aromatic rings. The van der Waals surface area contributed by atoms with E-state index in [2.05, 4.69) is 15.4 Å². The molecule has 2 rings (SSSR count). The predicted molar refractivity (Wildman–Crippen MR) is 107 cm³/mol. The summed E-state index contributed by atoms with van der Waals surface area (Å²) in [7, 11) is 0. The first kappa shape index (κ1) is 22.8. The largest absolute Gasteiger partial charge is 0.462 e. The van der Waals surface area contributed by atoms with E-state index in [9.17, 15) is 19.2 Å². The number of anilines is 1. The Morgan fingerprint density at radius 3 is 2.31 bits per heavy atom. The topological polar surface area (TPSA) is 115 Å². The molecule has 1 saturated carbocycles. The summed E-state index contributed by atoms with van der Waals surface area (Å²) < 4.78 is 9.82. The van der Waals surface area contributed by atoms with Crippen molar-refractivity contribution in [2.24, 2.45) is 0 Å². The maximum absolute atomic E-state index is 12.5. The second-order valence-electron chi connectivity index (χ2n) is 6.66. The van der Waals surface area contributed by atoms with E-state index in [0.717, 1.165) is 18.4 Å². The van der Waals surface area contributed by atoms with Gasteiger partial charge < -0.3 is 19.7 Å². The van der Waals surface area contributed by atoms with Gasteiger partial charge in [-0.3, -0.25) is 14.9 Å². The molecule has 9 nitrogen and oxygen atoms in total. The molecular weight excluding hydrogens is 398 g/mol. The highest BCUT2D eigenvalue weighted by atomic mass is 32.1. The number of nitrogens with one attached hydrogen (secondary N) is 3. The van der Waals surface area contributed by atoms with E-state index in [1.165, 1.54) is 11.3 Å². The Morgan fingerprint density at radius 1 is 1.07 bits per heavy atom. The Kier molecular flexibility index (Phi) is 8.59. The fourth-order valence-electron chi connectivity index (χ4n) is 2.83. The third-order valence-electron chi connectivity index (χ3n) is 4.41. The number of ether oxygens (including phenoxy) is 2. The average molecular weight is 427 g/mol. The van der Waals surface area contributed by atoms with Crippen molar-refractivity contribution >= 4 is 40.2 Å². The second-order valence-corrected chi connectivity index (χ2v) is 7.54. The zero-order valence-corrected chi connectivity index (χ0v) is 17.8. The Balaban J connectivity index is 1.97. The molecule has 0 aromatic carbocycles. The van der Waals surface area contributed by atoms with Crippen LogP contribution in [0.5, 0.6) is 0 Å². The van der Waals surface area contributed by atoms with Crippen LogP contribution in [0.25, 0.3) is 0 Å². The van der Waals surface area contributed by atoms with Crippen LogP contribution in [0.4, 0.5) is 9.80 Å². The fourth-order valence-corrected chi connectivity index (χ4v) is 3.88. The van der Waals surface area contributed by atoms with Crippen molar-refractivity contribution < 1.29 is 33.6 Å². The van der Waals surface area contributed by atoms with Gasteiger partial charge in [0.2, 0.25) is 0 Å². The molecule has 29 heavy (non-hydrogen) atoms. The normalized spacial score (nSPS) is 14.0. The van der Waals surface area contributed by atoms with Crippen LogP contribution in [0.15, 0.2) is 5.38 Å². The number of hydrogen-bond acceptors (Lipinski definition) is 7. The Morgan fingerprint density at radius 2 is 1.72 bits per heavy atom. The number of esters is 1. The molecule has 1 aromatic heterocycles. The molecule has 1 aliphatic rings. The number of rotatable bonds is 10. The van der Waals surface area contributed by atoms with Gasteiger partial charge in [-0.15, -0.1) is 11.3 Å². The summed E-state index contributed by atoms with van der Waals surface area (Å²) in [4.78, 5) is 48.8. The molecule has 0 spiro atoms. The summed E-state index contributed by atoms with van der Waals surface area (Å²) in [5, 5.41) is 7.28. The lowest BCUT2D eigenvalue weighted by Gasteiger charge is -2.16. The standard InChI is InChI=1S/C19H27N3O6S/c1-4-22(10-15(24)21-19(26)28-6-3)9-14(23)20-17-16(18(25)27-5-2)13(11-29-17)12-7-8-12/h11-12H,4-10H2,1-3H3,(H,20,23)(H,21,24,26)/p+1. The third kappa shape index (κ3) is 6.82. The zero-order chi connectivity index (χ0) is 21.4. The van der Waals surface area contributed by atoms with Gasteiger partial charge in [-0.05, 0) is 50.5 Å². The maximum atomic E-state index is 12.5. The highest BCUT2D eigenvalue weighted by molar-refractivity contribution is 7.15. The minimum atomic E-state index is -0.803. The first-order valence-electron chi connectivity index (χ1n) is 9.77. The van der Waals surface area contributed by atoms with E-state index < -0.39 is 18.0 Å². The predicted octanol–water partition coefficient (Wildman–Crippen LogP) is 0.918. The SMILES string of the molecule is CCOC(=O)NC(=O)C[NH+](CC)CC(=O)Nc1scc(C2CC2)c1C(=O)OCC. The van der Waals surface area contributed by atoms with Gasteiger partial charge in [-0.2, -0.15) is 0 Å². The quantitative estimate of drug-likeness (QED) is 0.479. The second kappa shape index (κ2) is 10.9. The van der Waals surface area contributed by atoms with Crippen LogP contribution in [0.3, 0.4) is 0 Å². The number of thiophene rings is 1. The molecule has 160 valence electrons. The van der Waals surface area contributed by atoms with Gasteiger partial charge in [0, 0.05) is 0 Å². The van der Waals surface area contributed by atoms with Crippen molar-refractivity contribution in [1.29, 1.82) is 0 Å². The molecule has 1 heterocycles. The minimum Gasteiger partial charge on any atom is -0.462 e. The number of hydrogen-bond donors (Lipinski definition) is 3. The van der Waals surface area contributed by atoms with Crippen molar-refractivity contribution in [2.75, 3.05) is 38.2 Å². The number of likely N-dealkylation sites (N-methyl/N-ethyl adjacent to an activating group) is 1. The molecule has 0 aliphatic heterocycles. The van der Waals surface area contributed by atoms with Crippen molar-refractivity contribution in [3.63, 3.8) is 0 Å². The van der Waals surface area contributed by atoms with E-state index in [1.54, 1.807) is 13.8 Å². The van der Waals surface area contributed by atoms with Crippen LogP contribution in [-0.2, 0) is 19.1 Å². The van der Waals surface area contributed by atoms with Crippen LogP contribution in [0.2, 0.25) is 0 Å². The molecule has 1 unspecified atom stereocenters. The van der Waals surface area contributed by atoms with Crippen molar-refractivity contribution in [3.05, 3.63) is 16.5 Å². The number of amides is 3. The highest BCUT2D eigenvalue weighted by Gasteiger charge is 2.32. The van der Waals surface area contributed by atoms with Crippen molar-refractivity contribution in [3.8, 4) is 0 Å². The smallest absolute Gasteiger partial charge is 0.414 e. The molecule has 10 heteroatoms. The van der Waals surface area contributed by atoms with Crippen molar-refractivity contribution in [1.82, 2.24) is 5.32 Å². The van der Waals surface area contributed by atoms with Gasteiger partial charge in [0.1, 0.15) is 5.00 Å². The molecular formula is C19H28N3O6S+. The third-order valence-corrected chi connectivity index (χ3v) is 5.32. The van der Waals surface area contributed by atoms with Gasteiger partial charge in [0.25, 0.3) is 11.8 Å². The highest BCUT2D eigenvalue weighted by Crippen LogP contribution is 2.46. The van der Waals surface area contributed by atoms with Gasteiger partial charge in [-0.25, -0.2) is 9.59 Å². The van der Waals surface area contributed by atoms with Crippen LogP contribution in [0.1, 0.15) is 55.5 Å². The lowest BCUT2D eigenvalue weighted by molar-refractivity contribution is -0.881. The van der Waals surface area contributed by atoms with E-state index >= 15 is 0 Å². The minimum absolute atomic E-state index is 0.0195. The number of alkyl carbamates (subject to hydrolysis) is 1. The summed E-state index contributed by atoms with van der Waals surface area (Å²) in [6, 6.07) is 0. The van der Waals surface area contributed by atoms with Crippen LogP contribution < -0.4 is 15.5 Å². The lowest BCUT2D eigenvalue weighted by Crippen LogP contribution is -3.14. The molecule has 0 radical (unpaired) electrons. The molecule has 1 atom stereocenters. The first-order valence-corrected chi connectivity index (χ1v) is 10.7. The zero-order valence-electron chi connectivity index (χ0n) is 17.0. The lowest BCUT2D eigenvalue weighted by atomic mass is 10.1. The van der Waals surface area contributed by atoms with Gasteiger partial charge in [0.15, 0.2) is 13.1 Å². The summed E-state index contributed by atoms with van der Waals surface area (Å²) in [5.74, 6) is -0.923. The van der Waals surface area contributed by atoms with Crippen molar-refractivity contribution in [2.45, 2.75) is 39.5 Å². The van der Waals surface area contributed by atoms with E-state index in [1.807, 2.05) is 12.3 Å². The first-order chi connectivity index (χ1) is 13.9. The Labute approximate surface area is 173 Å². The Hall–Kier alpha value is -2.46. The van der Waals surface area contributed by atoms with Gasteiger partial charge >= 0.3 is 12.1 Å². The van der Waals surface area contributed by atoms with E-state index in [-0.39, 0.29) is 32.2 Å². The Bertz CT molecular complexity index is 759. The number of quaternary nitrogens is 1. The van der Waals surface area contributed by atoms with Crippen LogP contribution in [0, 0.1) is 0 Å². The van der Waals surface area contributed by atoms with E-state index in [0.29, 0.717) is 27.9 Å². The molecule has 0 saturated heterocycles. The molecule has 3 N–H and O–H groups in total.